The predicted molar refractivity (Wildman–Crippen MR) is 108 cm³/mol. The number of rotatable bonds is 3. The molecule has 0 bridgehead atoms. The van der Waals surface area contributed by atoms with Crippen LogP contribution >= 0.6 is 31.9 Å². The van der Waals surface area contributed by atoms with Gasteiger partial charge in [0.1, 0.15) is 31.6 Å². The molecule has 0 amide bonds. The number of hydrogen-bond acceptors (Lipinski definition) is 9. The largest absolute Gasteiger partial charge is 1.00 e. The van der Waals surface area contributed by atoms with Crippen molar-refractivity contribution in [3.63, 3.8) is 0 Å². The van der Waals surface area contributed by atoms with Gasteiger partial charge in [-0.15, -0.1) is 0 Å². The van der Waals surface area contributed by atoms with Crippen LogP contribution in [-0.2, 0) is 20.2 Å². The van der Waals surface area contributed by atoms with E-state index < -0.39 is 41.6 Å². The summed E-state index contributed by atoms with van der Waals surface area (Å²) in [4.78, 5) is 18.4. The summed E-state index contributed by atoms with van der Waals surface area (Å²) in [5.74, 6) is -1.29. The van der Waals surface area contributed by atoms with Crippen LogP contribution in [0.2, 0.25) is 0 Å². The monoisotopic (exact) mass is 622 g/mol. The Morgan fingerprint density at radius 1 is 0.906 bits per heavy atom. The second-order valence-corrected chi connectivity index (χ2v) is 10.6. The molecule has 0 saturated heterocycles. The second kappa shape index (κ2) is 9.51. The number of Topliss-reactive ketones (excluding diaryl/α,β-unsaturated/α-hetero) is 1. The smallest absolute Gasteiger partial charge is 0.744 e. The molecule has 16 heteroatoms. The molecule has 0 aliphatic carbocycles. The second-order valence-electron chi connectivity index (χ2n) is 6.17. The Kier molecular flexibility index (Phi) is 8.36. The fourth-order valence-electron chi connectivity index (χ4n) is 3.02. The van der Waals surface area contributed by atoms with E-state index in [1.165, 1.54) is 12.1 Å². The van der Waals surface area contributed by atoms with Gasteiger partial charge in [0.15, 0.2) is 5.75 Å². The topological polar surface area (TPSA) is 180 Å². The number of carbonyl (C=O) groups is 1. The molecule has 32 heavy (non-hydrogen) atoms. The Bertz CT molecular complexity index is 1550. The minimum absolute atomic E-state index is 0. The van der Waals surface area contributed by atoms with Crippen molar-refractivity contribution < 1.29 is 95.0 Å². The van der Waals surface area contributed by atoms with Gasteiger partial charge in [0.2, 0.25) is 5.78 Å². The molecule has 0 saturated carbocycles. The van der Waals surface area contributed by atoms with Crippen LogP contribution in [0.25, 0.3) is 10.9 Å². The number of ketones is 1. The first-order valence-electron chi connectivity index (χ1n) is 7.72. The third kappa shape index (κ3) is 4.83. The molecule has 156 valence electrons. The summed E-state index contributed by atoms with van der Waals surface area (Å²) < 4.78 is 68.1. The molecule has 1 aliphatic rings. The fourth-order valence-corrected chi connectivity index (χ4v) is 6.01. The molecule has 0 spiro atoms. The van der Waals surface area contributed by atoms with Crippen molar-refractivity contribution in [1.29, 1.82) is 0 Å². The summed E-state index contributed by atoms with van der Waals surface area (Å²) in [5.41, 5.74) is -0.340. The zero-order valence-corrected chi connectivity index (χ0v) is 24.9. The first kappa shape index (κ1) is 28.1. The van der Waals surface area contributed by atoms with Gasteiger partial charge in [-0.25, -0.2) is 21.8 Å². The minimum Gasteiger partial charge on any atom is -0.744 e. The van der Waals surface area contributed by atoms with Crippen molar-refractivity contribution in [1.82, 2.24) is 4.98 Å². The van der Waals surface area contributed by atoms with Crippen LogP contribution in [0.5, 0.6) is 5.75 Å². The third-order valence-corrected chi connectivity index (χ3v) is 7.93. The maximum atomic E-state index is 12.8. The molecular formula is C16H6Br2N2Na2O8S2. The molecule has 0 atom stereocenters. The number of aliphatic imine (C=N–C) groups is 1. The molecule has 3 aromatic rings. The molecule has 1 aliphatic heterocycles. The average Bonchev–Trinajstić information content (AvgIpc) is 3.08. The standard InChI is InChI=1S/C16H8Br2N2O8S2.2Na/c17-7-3-9-5(1-11(7)29(23,24)25)15(21)13(19-9)14-16(22)6-2-12(30(26,27)28)8(18)4-10(6)20-14;;/h1-4,19,21H,(H,23,24,25)(H,26,27,28);;/q;2*+1/p-2. The molecule has 10 nitrogen and oxygen atoms in total. The summed E-state index contributed by atoms with van der Waals surface area (Å²) in [5, 5.41) is 10.5. The van der Waals surface area contributed by atoms with Crippen LogP contribution in [0.1, 0.15) is 16.1 Å². The summed E-state index contributed by atoms with van der Waals surface area (Å²) in [6.07, 6.45) is 0. The Balaban J connectivity index is 0.00000181. The number of carbonyl (C=O) groups excluding carboxylic acids is 1. The van der Waals surface area contributed by atoms with Crippen molar-refractivity contribution in [2.24, 2.45) is 4.99 Å². The first-order valence-corrected chi connectivity index (χ1v) is 12.1. The van der Waals surface area contributed by atoms with Gasteiger partial charge in [-0.2, -0.15) is 0 Å². The van der Waals surface area contributed by atoms with Crippen LogP contribution in [-0.4, -0.2) is 47.5 Å². The van der Waals surface area contributed by atoms with Crippen molar-refractivity contribution in [3.05, 3.63) is 44.5 Å². The number of H-pyrrole nitrogens is 1. The van der Waals surface area contributed by atoms with Crippen molar-refractivity contribution in [3.8, 4) is 5.75 Å². The van der Waals surface area contributed by atoms with Gasteiger partial charge < -0.3 is 19.2 Å². The maximum Gasteiger partial charge on any atom is 1.00 e. The number of aromatic amines is 1. The number of nitrogens with one attached hydrogen (secondary N) is 1. The number of aromatic nitrogens is 1. The number of fused-ring (bicyclic) bond motifs is 2. The molecule has 0 radical (unpaired) electrons. The van der Waals surface area contributed by atoms with E-state index in [4.69, 9.17) is 0 Å². The number of hydrogen-bond donors (Lipinski definition) is 2. The van der Waals surface area contributed by atoms with E-state index in [2.05, 4.69) is 41.8 Å². The van der Waals surface area contributed by atoms with Crippen LogP contribution in [0.4, 0.5) is 5.69 Å². The zero-order valence-electron chi connectivity index (χ0n) is 16.1. The summed E-state index contributed by atoms with van der Waals surface area (Å²) in [6, 6.07) is 4.26. The third-order valence-electron chi connectivity index (χ3n) is 4.34. The van der Waals surface area contributed by atoms with Gasteiger partial charge in [-0.05, 0) is 56.1 Å². The molecule has 2 aromatic carbocycles. The Labute approximate surface area is 242 Å². The first-order chi connectivity index (χ1) is 13.8. The molecule has 2 N–H and O–H groups in total. The predicted octanol–water partition coefficient (Wildman–Crippen LogP) is -3.47. The number of benzene rings is 2. The Morgan fingerprint density at radius 3 is 2.00 bits per heavy atom. The molecule has 2 heterocycles. The number of nitrogens with zero attached hydrogens (tertiary/aromatic N) is 1. The van der Waals surface area contributed by atoms with Gasteiger partial charge in [-0.3, -0.25) is 4.79 Å². The van der Waals surface area contributed by atoms with Crippen LogP contribution in [0, 0.1) is 0 Å². The zero-order chi connectivity index (χ0) is 22.2. The van der Waals surface area contributed by atoms with Gasteiger partial charge >= 0.3 is 59.1 Å². The molecule has 0 fully saturated rings. The summed E-state index contributed by atoms with van der Waals surface area (Å²) >= 11 is 5.92. The van der Waals surface area contributed by atoms with Crippen LogP contribution in [0.15, 0.2) is 48.0 Å². The van der Waals surface area contributed by atoms with E-state index in [0.29, 0.717) is 0 Å². The van der Waals surface area contributed by atoms with Gasteiger partial charge in [0, 0.05) is 14.3 Å². The van der Waals surface area contributed by atoms with E-state index in [-0.39, 0.29) is 102 Å². The Morgan fingerprint density at radius 2 is 1.44 bits per heavy atom. The van der Waals surface area contributed by atoms with Crippen molar-refractivity contribution in [2.45, 2.75) is 9.79 Å². The molecular weight excluding hydrogens is 618 g/mol. The van der Waals surface area contributed by atoms with E-state index in [1.807, 2.05) is 0 Å². The molecule has 4 rings (SSSR count). The molecule has 0 unspecified atom stereocenters. The van der Waals surface area contributed by atoms with Gasteiger partial charge in [-0.1, -0.05) is 0 Å². The van der Waals surface area contributed by atoms with E-state index in [9.17, 15) is 35.8 Å². The maximum absolute atomic E-state index is 12.8. The minimum atomic E-state index is -4.86. The fraction of sp³-hybridized carbons (Fsp3) is 0. The SMILES string of the molecule is O=C1C(c2[nH]c3cc(Br)c(S(=O)(=O)[O-])cc3c2O)=Nc2cc(Br)c(S(=O)(=O)[O-])cc21.[Na+].[Na+]. The van der Waals surface area contributed by atoms with Crippen molar-refractivity contribution >= 4 is 80.2 Å². The van der Waals surface area contributed by atoms with E-state index in [1.54, 1.807) is 0 Å². The summed E-state index contributed by atoms with van der Waals surface area (Å²) in [6.45, 7) is 0. The van der Waals surface area contributed by atoms with Crippen LogP contribution < -0.4 is 59.1 Å². The Hall–Kier alpha value is -0.1000. The van der Waals surface area contributed by atoms with Crippen LogP contribution in [0.3, 0.4) is 0 Å². The number of halogens is 2. The average molecular weight is 624 g/mol. The number of aromatic hydroxyl groups is 1. The van der Waals surface area contributed by atoms with Gasteiger partial charge in [0.25, 0.3) is 0 Å². The normalized spacial score (nSPS) is 13.4. The van der Waals surface area contributed by atoms with Gasteiger partial charge in [0.05, 0.1) is 26.6 Å². The van der Waals surface area contributed by atoms with E-state index >= 15 is 0 Å². The van der Waals surface area contributed by atoms with E-state index in [0.717, 1.165) is 12.1 Å². The van der Waals surface area contributed by atoms with Crippen molar-refractivity contribution in [2.75, 3.05) is 0 Å². The summed E-state index contributed by atoms with van der Waals surface area (Å²) in [7, 11) is -9.70. The molecule has 1 aromatic heterocycles. The quantitative estimate of drug-likeness (QED) is 0.223.